The van der Waals surface area contributed by atoms with Crippen molar-refractivity contribution in [3.05, 3.63) is 78.4 Å². The Balaban J connectivity index is 1.26. The second-order valence-corrected chi connectivity index (χ2v) is 8.31. The number of hydrogen-bond donors (Lipinski definition) is 1. The van der Waals surface area contributed by atoms with Crippen LogP contribution < -0.4 is 0 Å². The highest BCUT2D eigenvalue weighted by Crippen LogP contribution is 2.27. The molecule has 1 fully saturated rings. The number of piperidine rings is 1. The van der Waals surface area contributed by atoms with Gasteiger partial charge >= 0.3 is 5.97 Å². The number of rotatable bonds is 8. The van der Waals surface area contributed by atoms with Gasteiger partial charge in [-0.3, -0.25) is 4.79 Å². The lowest BCUT2D eigenvalue weighted by Gasteiger charge is -2.30. The summed E-state index contributed by atoms with van der Waals surface area (Å²) in [4.78, 5) is 13.5. The van der Waals surface area contributed by atoms with Gasteiger partial charge < -0.3 is 10.0 Å². The normalized spacial score (nSPS) is 17.4. The van der Waals surface area contributed by atoms with Gasteiger partial charge in [0.2, 0.25) is 0 Å². The summed E-state index contributed by atoms with van der Waals surface area (Å²) < 4.78 is 0. The Bertz CT molecular complexity index is 1100. The summed E-state index contributed by atoms with van der Waals surface area (Å²) in [5.41, 5.74) is 2.83. The molecule has 0 aromatic heterocycles. The monoisotopic (exact) mass is 427 g/mol. The van der Waals surface area contributed by atoms with E-state index in [1.165, 1.54) is 0 Å². The van der Waals surface area contributed by atoms with E-state index in [9.17, 15) is 9.90 Å². The molecular weight excluding hydrogens is 398 g/mol. The molecule has 1 aliphatic heterocycles. The van der Waals surface area contributed by atoms with Crippen LogP contribution in [0.2, 0.25) is 0 Å². The molecule has 0 bridgehead atoms. The molecule has 0 amide bonds. The molecule has 1 saturated heterocycles. The van der Waals surface area contributed by atoms with E-state index >= 15 is 0 Å². The van der Waals surface area contributed by atoms with Crippen LogP contribution in [0.15, 0.2) is 83.0 Å². The third-order valence-electron chi connectivity index (χ3n) is 5.94. The van der Waals surface area contributed by atoms with Crippen LogP contribution in [0.3, 0.4) is 0 Å². The zero-order chi connectivity index (χ0) is 22.2. The van der Waals surface area contributed by atoms with Gasteiger partial charge in [-0.2, -0.15) is 5.11 Å². The first-order valence-electron chi connectivity index (χ1n) is 11.3. The Morgan fingerprint density at radius 2 is 1.84 bits per heavy atom. The molecule has 3 aromatic carbocycles. The fraction of sp³-hybridized carbons (Fsp3) is 0.296. The second kappa shape index (κ2) is 10.8. The third kappa shape index (κ3) is 5.89. The zero-order valence-corrected chi connectivity index (χ0v) is 18.2. The molecule has 32 heavy (non-hydrogen) atoms. The van der Waals surface area contributed by atoms with Crippen LogP contribution in [0.25, 0.3) is 16.8 Å². The maximum atomic E-state index is 11.2. The number of hydrogen-bond acceptors (Lipinski definition) is 4. The molecule has 4 rings (SSSR count). The van der Waals surface area contributed by atoms with Gasteiger partial charge in [-0.05, 0) is 67.9 Å². The van der Waals surface area contributed by atoms with E-state index in [1.54, 1.807) is 0 Å². The first kappa shape index (κ1) is 21.9. The average molecular weight is 428 g/mol. The lowest BCUT2D eigenvalue weighted by Crippen LogP contribution is -2.39. The smallest absolute Gasteiger partial charge is 0.307 e. The number of fused-ring (bicyclic) bond motifs is 1. The lowest BCUT2D eigenvalue weighted by molar-refractivity contribution is -0.143. The molecule has 5 nitrogen and oxygen atoms in total. The summed E-state index contributed by atoms with van der Waals surface area (Å²) in [6.45, 7) is 2.66. The van der Waals surface area contributed by atoms with Crippen molar-refractivity contribution in [3.8, 4) is 0 Å². The van der Waals surface area contributed by atoms with Crippen molar-refractivity contribution in [2.75, 3.05) is 19.6 Å². The standard InChI is InChI=1S/C27H29N3O2/c31-27(32)23-11-7-19-30(20-23)18-5-1-2-8-21-14-16-24(17-15-21)28-29-26-13-6-10-22-9-3-4-12-25(22)26/h2-4,6,8-10,12-17,23H,1,5,7,11,18-20H2,(H,31,32)/b8-2+,29-28?. The highest BCUT2D eigenvalue weighted by atomic mass is 16.4. The number of allylic oxidation sites excluding steroid dienone is 1. The van der Waals surface area contributed by atoms with Crippen molar-refractivity contribution >= 4 is 34.2 Å². The SMILES string of the molecule is O=C(O)C1CCCN(CCC/C=C/c2ccc(N=Nc3cccc4ccccc34)cc2)C1. The molecular formula is C27H29N3O2. The highest BCUT2D eigenvalue weighted by Gasteiger charge is 2.24. The summed E-state index contributed by atoms with van der Waals surface area (Å²) in [6.07, 6.45) is 8.13. The predicted molar refractivity (Wildman–Crippen MR) is 130 cm³/mol. The van der Waals surface area contributed by atoms with Gasteiger partial charge in [0.25, 0.3) is 0 Å². The van der Waals surface area contributed by atoms with Crippen LogP contribution >= 0.6 is 0 Å². The summed E-state index contributed by atoms with van der Waals surface area (Å²) in [6, 6.07) is 22.3. The molecule has 3 aromatic rings. The average Bonchev–Trinajstić information content (AvgIpc) is 2.83. The van der Waals surface area contributed by atoms with Crippen molar-refractivity contribution < 1.29 is 9.90 Å². The van der Waals surface area contributed by atoms with E-state index in [0.29, 0.717) is 6.54 Å². The fourth-order valence-electron chi connectivity index (χ4n) is 4.17. The van der Waals surface area contributed by atoms with E-state index in [0.717, 1.165) is 66.5 Å². The van der Waals surface area contributed by atoms with Crippen LogP contribution in [0.4, 0.5) is 11.4 Å². The number of unbranched alkanes of at least 4 members (excludes halogenated alkanes) is 1. The van der Waals surface area contributed by atoms with Crippen LogP contribution in [-0.2, 0) is 4.79 Å². The van der Waals surface area contributed by atoms with Crippen molar-refractivity contribution in [1.29, 1.82) is 0 Å². The number of carboxylic acid groups (broad SMARTS) is 1. The number of carboxylic acids is 1. The van der Waals surface area contributed by atoms with Crippen LogP contribution in [0.1, 0.15) is 31.2 Å². The number of likely N-dealkylation sites (tertiary alicyclic amines) is 1. The molecule has 0 spiro atoms. The number of carbonyl (C=O) groups is 1. The Labute approximate surface area is 189 Å². The summed E-state index contributed by atoms with van der Waals surface area (Å²) in [5.74, 6) is -0.856. The number of benzene rings is 3. The maximum Gasteiger partial charge on any atom is 0.307 e. The number of azo groups is 1. The van der Waals surface area contributed by atoms with E-state index < -0.39 is 5.97 Å². The number of nitrogens with zero attached hydrogens (tertiary/aromatic N) is 3. The van der Waals surface area contributed by atoms with Gasteiger partial charge in [0, 0.05) is 11.9 Å². The second-order valence-electron chi connectivity index (χ2n) is 8.31. The lowest BCUT2D eigenvalue weighted by atomic mass is 9.98. The molecule has 5 heteroatoms. The Hall–Kier alpha value is -3.31. The Morgan fingerprint density at radius 3 is 2.69 bits per heavy atom. The van der Waals surface area contributed by atoms with E-state index in [1.807, 2.05) is 36.4 Å². The topological polar surface area (TPSA) is 65.3 Å². The van der Waals surface area contributed by atoms with Gasteiger partial charge in [-0.15, -0.1) is 5.11 Å². The quantitative estimate of drug-likeness (QED) is 0.316. The van der Waals surface area contributed by atoms with Crippen molar-refractivity contribution in [2.45, 2.75) is 25.7 Å². The third-order valence-corrected chi connectivity index (χ3v) is 5.94. The van der Waals surface area contributed by atoms with Gasteiger partial charge in [0.15, 0.2) is 0 Å². The van der Waals surface area contributed by atoms with Gasteiger partial charge in [-0.1, -0.05) is 60.7 Å². The minimum atomic E-state index is -0.658. The molecule has 0 aliphatic carbocycles. The summed E-state index contributed by atoms with van der Waals surface area (Å²) in [5, 5.41) is 20.3. The molecule has 1 N–H and O–H groups in total. The molecule has 0 saturated carbocycles. The fourth-order valence-corrected chi connectivity index (χ4v) is 4.17. The minimum absolute atomic E-state index is 0.199. The molecule has 0 radical (unpaired) electrons. The number of aliphatic carboxylic acids is 1. The van der Waals surface area contributed by atoms with Crippen molar-refractivity contribution in [2.24, 2.45) is 16.1 Å². The van der Waals surface area contributed by atoms with Crippen LogP contribution in [0.5, 0.6) is 0 Å². The van der Waals surface area contributed by atoms with Crippen molar-refractivity contribution in [3.63, 3.8) is 0 Å². The molecule has 164 valence electrons. The first-order chi connectivity index (χ1) is 15.7. The van der Waals surface area contributed by atoms with Crippen LogP contribution in [0, 0.1) is 5.92 Å². The predicted octanol–water partition coefficient (Wildman–Crippen LogP) is 6.85. The molecule has 1 heterocycles. The van der Waals surface area contributed by atoms with Gasteiger partial charge in [0.1, 0.15) is 0 Å². The van der Waals surface area contributed by atoms with Gasteiger partial charge in [-0.25, -0.2) is 0 Å². The molecule has 1 aliphatic rings. The minimum Gasteiger partial charge on any atom is -0.481 e. The molecule has 1 atom stereocenters. The summed E-state index contributed by atoms with van der Waals surface area (Å²) in [7, 11) is 0. The van der Waals surface area contributed by atoms with Gasteiger partial charge in [0.05, 0.1) is 17.3 Å². The zero-order valence-electron chi connectivity index (χ0n) is 18.2. The largest absolute Gasteiger partial charge is 0.481 e. The maximum absolute atomic E-state index is 11.2. The summed E-state index contributed by atoms with van der Waals surface area (Å²) >= 11 is 0. The van der Waals surface area contributed by atoms with E-state index in [-0.39, 0.29) is 5.92 Å². The molecule has 1 unspecified atom stereocenters. The van der Waals surface area contributed by atoms with E-state index in [4.69, 9.17) is 0 Å². The first-order valence-corrected chi connectivity index (χ1v) is 11.3. The van der Waals surface area contributed by atoms with Crippen molar-refractivity contribution in [1.82, 2.24) is 4.90 Å². The Kier molecular flexibility index (Phi) is 7.41. The Morgan fingerprint density at radius 1 is 1.03 bits per heavy atom. The highest BCUT2D eigenvalue weighted by molar-refractivity contribution is 5.92. The van der Waals surface area contributed by atoms with E-state index in [2.05, 4.69) is 57.6 Å². The van der Waals surface area contributed by atoms with Crippen LogP contribution in [-0.4, -0.2) is 35.6 Å².